The van der Waals surface area contributed by atoms with E-state index in [1.165, 1.54) is 31.1 Å². The van der Waals surface area contributed by atoms with Gasteiger partial charge in [-0.15, -0.1) is 0 Å². The Morgan fingerprint density at radius 1 is 1.08 bits per heavy atom. The van der Waals surface area contributed by atoms with Crippen molar-refractivity contribution < 1.29 is 9.59 Å². The summed E-state index contributed by atoms with van der Waals surface area (Å²) in [4.78, 5) is 22.5. The summed E-state index contributed by atoms with van der Waals surface area (Å²) in [5.41, 5.74) is 0.741. The van der Waals surface area contributed by atoms with Crippen molar-refractivity contribution in [2.75, 3.05) is 0 Å². The Labute approximate surface area is 77.3 Å². The van der Waals surface area contributed by atoms with Gasteiger partial charge in [0, 0.05) is 5.57 Å². The Morgan fingerprint density at radius 3 is 2.46 bits per heavy atom. The van der Waals surface area contributed by atoms with Crippen molar-refractivity contribution >= 4 is 11.6 Å². The summed E-state index contributed by atoms with van der Waals surface area (Å²) in [5.74, 6) is 0.342. The maximum Gasteiger partial charge on any atom is 0.182 e. The van der Waals surface area contributed by atoms with Crippen LogP contribution in [-0.2, 0) is 9.59 Å². The fourth-order valence-corrected chi connectivity index (χ4v) is 2.08. The Hall–Kier alpha value is -1.18. The first-order valence-electron chi connectivity index (χ1n) is 4.75. The lowest BCUT2D eigenvalue weighted by atomic mass is 9.90. The molecule has 0 unspecified atom stereocenters. The first-order chi connectivity index (χ1) is 6.27. The van der Waals surface area contributed by atoms with Gasteiger partial charge in [0.05, 0.1) is 0 Å². The highest BCUT2D eigenvalue weighted by atomic mass is 16.1. The van der Waals surface area contributed by atoms with E-state index in [0.29, 0.717) is 5.92 Å². The van der Waals surface area contributed by atoms with E-state index in [0.717, 1.165) is 18.4 Å². The SMILES string of the molecule is O=C1C=CC(=O)C(C2CCCC2)=C1. The average Bonchev–Trinajstić information content (AvgIpc) is 2.61. The van der Waals surface area contributed by atoms with E-state index in [4.69, 9.17) is 0 Å². The second-order valence-electron chi connectivity index (χ2n) is 3.68. The molecule has 0 amide bonds. The zero-order valence-corrected chi connectivity index (χ0v) is 7.45. The van der Waals surface area contributed by atoms with E-state index in [2.05, 4.69) is 0 Å². The first kappa shape index (κ1) is 8.42. The molecule has 0 heterocycles. The maximum absolute atomic E-state index is 11.4. The van der Waals surface area contributed by atoms with Crippen LogP contribution in [0.3, 0.4) is 0 Å². The zero-order valence-electron chi connectivity index (χ0n) is 7.45. The lowest BCUT2D eigenvalue weighted by molar-refractivity contribution is -0.114. The topological polar surface area (TPSA) is 34.1 Å². The molecule has 68 valence electrons. The monoisotopic (exact) mass is 176 g/mol. The number of ketones is 2. The highest BCUT2D eigenvalue weighted by Gasteiger charge is 2.25. The molecule has 13 heavy (non-hydrogen) atoms. The predicted molar refractivity (Wildman–Crippen MR) is 49.2 cm³/mol. The normalized spacial score (nSPS) is 23.8. The summed E-state index contributed by atoms with van der Waals surface area (Å²) in [6.45, 7) is 0. The van der Waals surface area contributed by atoms with Crippen LogP contribution in [0.1, 0.15) is 25.7 Å². The van der Waals surface area contributed by atoms with Crippen molar-refractivity contribution in [3.63, 3.8) is 0 Å². The number of hydrogen-bond acceptors (Lipinski definition) is 2. The molecule has 2 heteroatoms. The first-order valence-corrected chi connectivity index (χ1v) is 4.75. The van der Waals surface area contributed by atoms with Gasteiger partial charge in [-0.1, -0.05) is 12.8 Å². The van der Waals surface area contributed by atoms with Crippen LogP contribution in [0.25, 0.3) is 0 Å². The van der Waals surface area contributed by atoms with Gasteiger partial charge in [-0.25, -0.2) is 0 Å². The second-order valence-corrected chi connectivity index (χ2v) is 3.68. The summed E-state index contributed by atoms with van der Waals surface area (Å²) in [7, 11) is 0. The van der Waals surface area contributed by atoms with Crippen LogP contribution in [0.4, 0.5) is 0 Å². The van der Waals surface area contributed by atoms with Crippen LogP contribution in [-0.4, -0.2) is 11.6 Å². The van der Waals surface area contributed by atoms with Gasteiger partial charge in [0.25, 0.3) is 0 Å². The average molecular weight is 176 g/mol. The third kappa shape index (κ3) is 1.62. The van der Waals surface area contributed by atoms with Gasteiger partial charge in [0.2, 0.25) is 0 Å². The minimum atomic E-state index is -0.0403. The quantitative estimate of drug-likeness (QED) is 0.571. The minimum Gasteiger partial charge on any atom is -0.290 e. The van der Waals surface area contributed by atoms with Crippen molar-refractivity contribution in [3.05, 3.63) is 23.8 Å². The summed E-state index contributed by atoms with van der Waals surface area (Å²) >= 11 is 0. The number of allylic oxidation sites excluding steroid dienone is 4. The molecule has 2 aliphatic rings. The van der Waals surface area contributed by atoms with E-state index >= 15 is 0 Å². The molecule has 1 fully saturated rings. The largest absolute Gasteiger partial charge is 0.290 e. The van der Waals surface area contributed by atoms with Crippen molar-refractivity contribution in [2.45, 2.75) is 25.7 Å². The molecule has 2 aliphatic carbocycles. The van der Waals surface area contributed by atoms with Gasteiger partial charge >= 0.3 is 0 Å². The summed E-state index contributed by atoms with van der Waals surface area (Å²) in [6, 6.07) is 0. The lowest BCUT2D eigenvalue weighted by Crippen LogP contribution is -2.13. The Morgan fingerprint density at radius 2 is 1.77 bits per heavy atom. The molecular weight excluding hydrogens is 164 g/mol. The van der Waals surface area contributed by atoms with Gasteiger partial charge in [-0.3, -0.25) is 9.59 Å². The standard InChI is InChI=1S/C11H12O2/c12-9-5-6-11(13)10(7-9)8-3-1-2-4-8/h5-8H,1-4H2. The third-order valence-electron chi connectivity index (χ3n) is 2.78. The van der Waals surface area contributed by atoms with Crippen LogP contribution in [0.15, 0.2) is 23.8 Å². The number of carbonyl (C=O) groups is 2. The molecule has 0 bridgehead atoms. The fourth-order valence-electron chi connectivity index (χ4n) is 2.08. The Bertz CT molecular complexity index is 304. The molecule has 0 aromatic heterocycles. The zero-order chi connectivity index (χ0) is 9.26. The van der Waals surface area contributed by atoms with Crippen LogP contribution < -0.4 is 0 Å². The van der Waals surface area contributed by atoms with Crippen LogP contribution in [0.2, 0.25) is 0 Å². The molecule has 0 saturated heterocycles. The molecule has 0 aliphatic heterocycles. The van der Waals surface area contributed by atoms with E-state index < -0.39 is 0 Å². The second kappa shape index (κ2) is 3.29. The predicted octanol–water partition coefficient (Wildman–Crippen LogP) is 1.81. The van der Waals surface area contributed by atoms with Gasteiger partial charge < -0.3 is 0 Å². The van der Waals surface area contributed by atoms with E-state index in [9.17, 15) is 9.59 Å². The number of rotatable bonds is 1. The van der Waals surface area contributed by atoms with Gasteiger partial charge in [-0.05, 0) is 37.0 Å². The highest BCUT2D eigenvalue weighted by molar-refractivity contribution is 6.17. The van der Waals surface area contributed by atoms with Gasteiger partial charge in [0.15, 0.2) is 11.6 Å². The fraction of sp³-hybridized carbons (Fsp3) is 0.455. The lowest BCUT2D eigenvalue weighted by Gasteiger charge is -2.12. The summed E-state index contributed by atoms with van der Waals surface area (Å²) < 4.78 is 0. The number of carbonyl (C=O) groups excluding carboxylic acids is 2. The Balaban J connectivity index is 2.21. The summed E-state index contributed by atoms with van der Waals surface area (Å²) in [5, 5.41) is 0. The highest BCUT2D eigenvalue weighted by Crippen LogP contribution is 2.32. The minimum absolute atomic E-state index is 0.0338. The molecular formula is C11H12O2. The Kier molecular flexibility index (Phi) is 2.13. The molecule has 0 aromatic carbocycles. The summed E-state index contributed by atoms with van der Waals surface area (Å²) in [6.07, 6.45) is 8.77. The molecule has 1 saturated carbocycles. The molecule has 0 N–H and O–H groups in total. The van der Waals surface area contributed by atoms with E-state index in [1.807, 2.05) is 0 Å². The molecule has 0 atom stereocenters. The van der Waals surface area contributed by atoms with Crippen LogP contribution in [0, 0.1) is 5.92 Å². The smallest absolute Gasteiger partial charge is 0.182 e. The molecule has 2 nitrogen and oxygen atoms in total. The molecule has 2 rings (SSSR count). The van der Waals surface area contributed by atoms with Crippen LogP contribution >= 0.6 is 0 Å². The van der Waals surface area contributed by atoms with Crippen molar-refractivity contribution in [2.24, 2.45) is 5.92 Å². The van der Waals surface area contributed by atoms with Crippen molar-refractivity contribution in [1.29, 1.82) is 0 Å². The maximum atomic E-state index is 11.4. The van der Waals surface area contributed by atoms with Crippen molar-refractivity contribution in [1.82, 2.24) is 0 Å². The molecule has 0 aromatic rings. The van der Waals surface area contributed by atoms with Crippen molar-refractivity contribution in [3.8, 4) is 0 Å². The van der Waals surface area contributed by atoms with E-state index in [-0.39, 0.29) is 11.6 Å². The van der Waals surface area contributed by atoms with Crippen LogP contribution in [0.5, 0.6) is 0 Å². The molecule has 0 spiro atoms. The number of hydrogen-bond donors (Lipinski definition) is 0. The van der Waals surface area contributed by atoms with E-state index in [1.54, 1.807) is 0 Å². The molecule has 0 radical (unpaired) electrons. The van der Waals surface area contributed by atoms with Gasteiger partial charge in [0.1, 0.15) is 0 Å². The van der Waals surface area contributed by atoms with Gasteiger partial charge in [-0.2, -0.15) is 0 Å². The third-order valence-corrected chi connectivity index (χ3v) is 2.78.